The number of esters is 1. The van der Waals surface area contributed by atoms with Gasteiger partial charge in [0.05, 0.1) is 0 Å². The SMILES string of the molecule is CC[C@H](OC(C)=O)[C@@H](CC)c1ccccc1. The molecule has 0 spiro atoms. The number of carbonyl (C=O) groups is 1. The highest BCUT2D eigenvalue weighted by atomic mass is 16.5. The Balaban J connectivity index is 2.83. The van der Waals surface area contributed by atoms with E-state index >= 15 is 0 Å². The Morgan fingerprint density at radius 2 is 1.81 bits per heavy atom. The van der Waals surface area contributed by atoms with Crippen LogP contribution in [0.15, 0.2) is 30.3 Å². The average Bonchev–Trinajstić information content (AvgIpc) is 2.29. The predicted molar refractivity (Wildman–Crippen MR) is 65.3 cm³/mol. The van der Waals surface area contributed by atoms with Gasteiger partial charge in [0.2, 0.25) is 0 Å². The van der Waals surface area contributed by atoms with Crippen LogP contribution < -0.4 is 0 Å². The lowest BCUT2D eigenvalue weighted by Crippen LogP contribution is -2.23. The van der Waals surface area contributed by atoms with E-state index in [4.69, 9.17) is 4.74 Å². The van der Waals surface area contributed by atoms with Gasteiger partial charge in [-0.05, 0) is 18.4 Å². The Bertz CT molecular complexity index is 319. The zero-order valence-electron chi connectivity index (χ0n) is 10.3. The van der Waals surface area contributed by atoms with Gasteiger partial charge in [-0.3, -0.25) is 4.79 Å². The molecule has 0 N–H and O–H groups in total. The Kier molecular flexibility index (Phi) is 5.03. The van der Waals surface area contributed by atoms with Gasteiger partial charge < -0.3 is 4.74 Å². The van der Waals surface area contributed by atoms with E-state index in [2.05, 4.69) is 26.0 Å². The third-order valence-corrected chi connectivity index (χ3v) is 2.84. The largest absolute Gasteiger partial charge is 0.462 e. The van der Waals surface area contributed by atoms with Crippen LogP contribution in [0.5, 0.6) is 0 Å². The van der Waals surface area contributed by atoms with Crippen LogP contribution in [0.3, 0.4) is 0 Å². The summed E-state index contributed by atoms with van der Waals surface area (Å²) in [6.45, 7) is 5.66. The van der Waals surface area contributed by atoms with E-state index in [0.717, 1.165) is 12.8 Å². The van der Waals surface area contributed by atoms with E-state index in [0.29, 0.717) is 5.92 Å². The maximum atomic E-state index is 11.0. The van der Waals surface area contributed by atoms with Crippen molar-refractivity contribution in [1.82, 2.24) is 0 Å². The first-order chi connectivity index (χ1) is 7.69. The first kappa shape index (κ1) is 12.8. The number of hydrogen-bond acceptors (Lipinski definition) is 2. The van der Waals surface area contributed by atoms with Crippen LogP contribution in [-0.2, 0) is 9.53 Å². The molecule has 0 saturated carbocycles. The second-order valence-corrected chi connectivity index (χ2v) is 3.98. The minimum absolute atomic E-state index is 0.00935. The summed E-state index contributed by atoms with van der Waals surface area (Å²) >= 11 is 0. The molecule has 1 aromatic rings. The van der Waals surface area contributed by atoms with Crippen molar-refractivity contribution in [3.8, 4) is 0 Å². The van der Waals surface area contributed by atoms with Crippen LogP contribution in [0.25, 0.3) is 0 Å². The van der Waals surface area contributed by atoms with E-state index in [1.54, 1.807) is 0 Å². The van der Waals surface area contributed by atoms with Crippen LogP contribution in [0.4, 0.5) is 0 Å². The van der Waals surface area contributed by atoms with Gasteiger partial charge in [-0.1, -0.05) is 44.2 Å². The van der Waals surface area contributed by atoms with Gasteiger partial charge in [-0.2, -0.15) is 0 Å². The lowest BCUT2D eigenvalue weighted by Gasteiger charge is -2.25. The molecule has 0 aromatic heterocycles. The minimum atomic E-state index is -0.193. The second kappa shape index (κ2) is 6.31. The molecular formula is C14H20O2. The lowest BCUT2D eigenvalue weighted by atomic mass is 9.89. The molecule has 0 heterocycles. The molecule has 0 aliphatic rings. The third kappa shape index (κ3) is 3.37. The summed E-state index contributed by atoms with van der Waals surface area (Å²) in [5, 5.41) is 0. The zero-order valence-corrected chi connectivity index (χ0v) is 10.3. The van der Waals surface area contributed by atoms with E-state index < -0.39 is 0 Å². The van der Waals surface area contributed by atoms with Crippen LogP contribution in [-0.4, -0.2) is 12.1 Å². The van der Waals surface area contributed by atoms with E-state index in [9.17, 15) is 4.79 Å². The van der Waals surface area contributed by atoms with Crippen molar-refractivity contribution >= 4 is 5.97 Å². The fourth-order valence-corrected chi connectivity index (χ4v) is 2.08. The molecule has 0 saturated heterocycles. The van der Waals surface area contributed by atoms with Crippen molar-refractivity contribution in [1.29, 1.82) is 0 Å². The minimum Gasteiger partial charge on any atom is -0.462 e. The summed E-state index contributed by atoms with van der Waals surface area (Å²) in [4.78, 5) is 11.0. The molecule has 88 valence electrons. The fourth-order valence-electron chi connectivity index (χ4n) is 2.08. The van der Waals surface area contributed by atoms with Gasteiger partial charge in [0.15, 0.2) is 0 Å². The van der Waals surface area contributed by atoms with Gasteiger partial charge >= 0.3 is 5.97 Å². The quantitative estimate of drug-likeness (QED) is 0.710. The average molecular weight is 220 g/mol. The molecule has 0 amide bonds. The molecule has 1 rings (SSSR count). The Morgan fingerprint density at radius 1 is 1.19 bits per heavy atom. The molecule has 1 aromatic carbocycles. The highest BCUT2D eigenvalue weighted by Crippen LogP contribution is 2.27. The maximum absolute atomic E-state index is 11.0. The van der Waals surface area contributed by atoms with Crippen LogP contribution in [0.1, 0.15) is 45.1 Å². The standard InChI is InChI=1S/C14H20O2/c1-4-13(12-9-7-6-8-10-12)14(5-2)16-11(3)15/h6-10,13-14H,4-5H2,1-3H3/t13-,14-/m0/s1. The molecule has 0 radical (unpaired) electrons. The number of benzene rings is 1. The van der Waals surface area contributed by atoms with Crippen molar-refractivity contribution in [2.45, 2.75) is 45.6 Å². The van der Waals surface area contributed by atoms with Crippen LogP contribution in [0.2, 0.25) is 0 Å². The second-order valence-electron chi connectivity index (χ2n) is 3.98. The highest BCUT2D eigenvalue weighted by Gasteiger charge is 2.22. The Morgan fingerprint density at radius 3 is 2.25 bits per heavy atom. The lowest BCUT2D eigenvalue weighted by molar-refractivity contribution is -0.147. The number of carbonyl (C=O) groups excluding carboxylic acids is 1. The van der Waals surface area contributed by atoms with Crippen molar-refractivity contribution in [2.24, 2.45) is 0 Å². The zero-order chi connectivity index (χ0) is 12.0. The number of hydrogen-bond donors (Lipinski definition) is 0. The summed E-state index contributed by atoms with van der Waals surface area (Å²) in [7, 11) is 0. The van der Waals surface area contributed by atoms with Crippen LogP contribution >= 0.6 is 0 Å². The molecule has 0 aliphatic heterocycles. The summed E-state index contributed by atoms with van der Waals surface area (Å²) in [6, 6.07) is 10.3. The van der Waals surface area contributed by atoms with E-state index in [1.165, 1.54) is 12.5 Å². The number of ether oxygens (including phenoxy) is 1. The van der Waals surface area contributed by atoms with Crippen molar-refractivity contribution in [2.75, 3.05) is 0 Å². The normalized spacial score (nSPS) is 14.2. The van der Waals surface area contributed by atoms with Gasteiger partial charge in [-0.15, -0.1) is 0 Å². The molecule has 2 atom stereocenters. The fraction of sp³-hybridized carbons (Fsp3) is 0.500. The molecule has 0 aliphatic carbocycles. The topological polar surface area (TPSA) is 26.3 Å². The Labute approximate surface area is 97.6 Å². The van der Waals surface area contributed by atoms with Gasteiger partial charge in [0, 0.05) is 12.8 Å². The van der Waals surface area contributed by atoms with Gasteiger partial charge in [0.1, 0.15) is 6.10 Å². The first-order valence-corrected chi connectivity index (χ1v) is 5.91. The maximum Gasteiger partial charge on any atom is 0.302 e. The summed E-state index contributed by atoms with van der Waals surface area (Å²) in [6.07, 6.45) is 1.83. The summed E-state index contributed by atoms with van der Waals surface area (Å²) in [5.41, 5.74) is 1.25. The van der Waals surface area contributed by atoms with Crippen molar-refractivity contribution in [3.05, 3.63) is 35.9 Å². The highest BCUT2D eigenvalue weighted by molar-refractivity contribution is 5.66. The summed E-state index contributed by atoms with van der Waals surface area (Å²) in [5.74, 6) is 0.108. The third-order valence-electron chi connectivity index (χ3n) is 2.84. The Hall–Kier alpha value is -1.31. The van der Waals surface area contributed by atoms with Gasteiger partial charge in [-0.25, -0.2) is 0 Å². The molecule has 16 heavy (non-hydrogen) atoms. The van der Waals surface area contributed by atoms with Crippen LogP contribution in [0, 0.1) is 0 Å². The molecule has 2 nitrogen and oxygen atoms in total. The van der Waals surface area contributed by atoms with Crippen molar-refractivity contribution < 1.29 is 9.53 Å². The molecule has 0 fully saturated rings. The van der Waals surface area contributed by atoms with Crippen molar-refractivity contribution in [3.63, 3.8) is 0 Å². The predicted octanol–water partition coefficient (Wildman–Crippen LogP) is 3.52. The molecule has 0 bridgehead atoms. The van der Waals surface area contributed by atoms with Gasteiger partial charge in [0.25, 0.3) is 0 Å². The van der Waals surface area contributed by atoms with E-state index in [1.807, 2.05) is 18.2 Å². The summed E-state index contributed by atoms with van der Waals surface area (Å²) < 4.78 is 5.37. The molecule has 2 heteroatoms. The molecule has 0 unspecified atom stereocenters. The van der Waals surface area contributed by atoms with E-state index in [-0.39, 0.29) is 12.1 Å². The monoisotopic (exact) mass is 220 g/mol. The molecular weight excluding hydrogens is 200 g/mol. The smallest absolute Gasteiger partial charge is 0.302 e. The first-order valence-electron chi connectivity index (χ1n) is 5.91. The number of rotatable bonds is 5.